The normalized spacial score (nSPS) is 9.81. The highest BCUT2D eigenvalue weighted by Crippen LogP contribution is 2.38. The number of carbonyl (C=O) groups excluding carboxylic acids is 1. The number of hydrogen-bond donors (Lipinski definition) is 0. The van der Waals surface area contributed by atoms with E-state index >= 15 is 0 Å². The van der Waals surface area contributed by atoms with Crippen LogP contribution in [0.15, 0.2) is 46.1 Å². The van der Waals surface area contributed by atoms with Crippen molar-refractivity contribution < 1.29 is 23.9 Å². The molecule has 0 aliphatic carbocycles. The monoisotopic (exact) mass is 573 g/mol. The number of hydrogen-bond acceptors (Lipinski definition) is 7. The van der Waals surface area contributed by atoms with Crippen molar-refractivity contribution in [1.29, 1.82) is 0 Å². The van der Waals surface area contributed by atoms with Gasteiger partial charge in [0.1, 0.15) is 28.4 Å². The maximum atomic E-state index is 12.7. The lowest BCUT2D eigenvalue weighted by Gasteiger charge is -2.23. The second-order valence-electron chi connectivity index (χ2n) is 5.76. The van der Waals surface area contributed by atoms with Gasteiger partial charge in [-0.25, -0.2) is 9.78 Å². The number of amides is 1. The Morgan fingerprint density at radius 2 is 1.91 bits per heavy atom. The zero-order valence-corrected chi connectivity index (χ0v) is 21.4. The zero-order chi connectivity index (χ0) is 24.3. The number of ether oxygens (including phenoxy) is 3. The summed E-state index contributed by atoms with van der Waals surface area (Å²) >= 11 is 6.30. The van der Waals surface area contributed by atoms with Gasteiger partial charge in [0, 0.05) is 12.1 Å². The molecule has 2 rings (SSSR count). The Bertz CT molecular complexity index is 955. The molecule has 9 nitrogen and oxygen atoms in total. The first-order valence-electron chi connectivity index (χ1n) is 9.67. The van der Waals surface area contributed by atoms with Gasteiger partial charge in [0.05, 0.1) is 25.2 Å². The van der Waals surface area contributed by atoms with E-state index in [0.717, 1.165) is 4.90 Å². The lowest BCUT2D eigenvalue weighted by molar-refractivity contribution is -0.385. The van der Waals surface area contributed by atoms with E-state index in [9.17, 15) is 14.9 Å². The predicted molar refractivity (Wildman–Crippen MR) is 130 cm³/mol. The van der Waals surface area contributed by atoms with Gasteiger partial charge in [0.25, 0.3) is 0 Å². The average molecular weight is 575 g/mol. The van der Waals surface area contributed by atoms with E-state index in [1.54, 1.807) is 31.2 Å². The summed E-state index contributed by atoms with van der Waals surface area (Å²) in [6, 6.07) is 6.47. The molecule has 0 saturated carbocycles. The fourth-order valence-corrected chi connectivity index (χ4v) is 3.72. The number of nitrogens with zero attached hydrogens (tertiary/aromatic N) is 3. The number of pyridine rings is 1. The first-order chi connectivity index (χ1) is 15.3. The van der Waals surface area contributed by atoms with E-state index in [0.29, 0.717) is 21.7 Å². The number of nitro groups is 1. The molecule has 2 aromatic rings. The molecule has 0 fully saturated rings. The number of rotatable bonds is 9. The van der Waals surface area contributed by atoms with Crippen molar-refractivity contribution >= 4 is 49.3 Å². The smallest absolute Gasteiger partial charge is 0.414 e. The van der Waals surface area contributed by atoms with Crippen LogP contribution in [-0.4, -0.2) is 36.3 Å². The van der Waals surface area contributed by atoms with E-state index in [2.05, 4.69) is 43.4 Å². The molecule has 0 N–H and O–H groups in total. The molecule has 0 aliphatic heterocycles. The van der Waals surface area contributed by atoms with Gasteiger partial charge in [0.2, 0.25) is 0 Å². The fourth-order valence-electron chi connectivity index (χ4n) is 2.55. The highest BCUT2D eigenvalue weighted by molar-refractivity contribution is 9.11. The van der Waals surface area contributed by atoms with Crippen LogP contribution in [-0.2, 0) is 11.3 Å². The summed E-state index contributed by atoms with van der Waals surface area (Å²) in [4.78, 5) is 28.9. The van der Waals surface area contributed by atoms with E-state index in [1.165, 1.54) is 13.2 Å². The molecule has 0 spiro atoms. The quantitative estimate of drug-likeness (QED) is 0.150. The van der Waals surface area contributed by atoms with E-state index in [4.69, 9.17) is 14.2 Å². The van der Waals surface area contributed by atoms with Gasteiger partial charge in [0.15, 0.2) is 4.60 Å². The van der Waals surface area contributed by atoms with Crippen LogP contribution in [0, 0.1) is 10.1 Å². The first kappa shape index (κ1) is 27.4. The van der Waals surface area contributed by atoms with Gasteiger partial charge in [-0.3, -0.25) is 15.0 Å². The van der Waals surface area contributed by atoms with Crippen LogP contribution in [0.5, 0.6) is 11.5 Å². The topological polar surface area (TPSA) is 104 Å². The van der Waals surface area contributed by atoms with Crippen LogP contribution in [0.4, 0.5) is 16.2 Å². The second-order valence-corrected chi connectivity index (χ2v) is 7.33. The maximum Gasteiger partial charge on any atom is 0.414 e. The molecular formula is C21H25Br2N3O6. The van der Waals surface area contributed by atoms with Crippen LogP contribution in [0.25, 0.3) is 0 Å². The van der Waals surface area contributed by atoms with Crippen LogP contribution >= 0.6 is 31.9 Å². The average Bonchev–Trinajstić information content (AvgIpc) is 2.76. The molecule has 174 valence electrons. The first-order valence-corrected chi connectivity index (χ1v) is 11.3. The lowest BCUT2D eigenvalue weighted by atomic mass is 10.1. The van der Waals surface area contributed by atoms with Gasteiger partial charge < -0.3 is 14.2 Å². The summed E-state index contributed by atoms with van der Waals surface area (Å²) in [5.74, 6) is 1.00. The Labute approximate surface area is 203 Å². The zero-order valence-electron chi connectivity index (χ0n) is 18.3. The van der Waals surface area contributed by atoms with Crippen molar-refractivity contribution in [2.75, 3.05) is 25.2 Å². The second kappa shape index (κ2) is 13.7. The Balaban J connectivity index is 0.00000249. The number of carbonyl (C=O) groups is 1. The minimum atomic E-state index is -0.748. The van der Waals surface area contributed by atoms with Crippen molar-refractivity contribution in [2.24, 2.45) is 0 Å². The van der Waals surface area contributed by atoms with Gasteiger partial charge >= 0.3 is 11.8 Å². The van der Waals surface area contributed by atoms with E-state index in [-0.39, 0.29) is 35.7 Å². The Morgan fingerprint density at radius 1 is 1.25 bits per heavy atom. The molecule has 0 unspecified atom stereocenters. The van der Waals surface area contributed by atoms with Crippen molar-refractivity contribution in [2.45, 2.75) is 27.3 Å². The highest BCUT2D eigenvalue weighted by Gasteiger charge is 2.30. The third-order valence-corrected chi connectivity index (χ3v) is 4.70. The molecule has 1 aromatic heterocycles. The largest absolute Gasteiger partial charge is 0.497 e. The predicted octanol–water partition coefficient (Wildman–Crippen LogP) is 6.28. The molecule has 0 bridgehead atoms. The standard InChI is InChI=1S/C19H19Br2N3O6.C2H6/c1-4-6-30-14-8-12(7-13(9-14)28-3)11-23(19(25)29-5-2)15-10-16(20)22-18(21)17(15)24(26)27;1-2/h4,7-10H,1,5-6,11H2,2-3H3;1-2H3. The van der Waals surface area contributed by atoms with Crippen LogP contribution in [0.2, 0.25) is 0 Å². The summed E-state index contributed by atoms with van der Waals surface area (Å²) in [5.41, 5.74) is 0.265. The summed E-state index contributed by atoms with van der Waals surface area (Å²) in [7, 11) is 1.50. The van der Waals surface area contributed by atoms with Crippen molar-refractivity contribution in [1.82, 2.24) is 4.98 Å². The number of anilines is 1. The van der Waals surface area contributed by atoms with Gasteiger partial charge in [-0.1, -0.05) is 26.5 Å². The summed E-state index contributed by atoms with van der Waals surface area (Å²) in [6.45, 7) is 9.60. The van der Waals surface area contributed by atoms with Crippen LogP contribution in [0.1, 0.15) is 26.3 Å². The summed E-state index contributed by atoms with van der Waals surface area (Å²) in [5, 5.41) is 11.7. The van der Waals surface area contributed by atoms with Crippen molar-refractivity contribution in [3.63, 3.8) is 0 Å². The molecule has 1 heterocycles. The molecule has 1 amide bonds. The Morgan fingerprint density at radius 3 is 2.47 bits per heavy atom. The van der Waals surface area contributed by atoms with Crippen molar-refractivity contribution in [3.8, 4) is 11.5 Å². The molecular weight excluding hydrogens is 550 g/mol. The minimum Gasteiger partial charge on any atom is -0.497 e. The van der Waals surface area contributed by atoms with E-state index < -0.39 is 11.0 Å². The molecule has 0 saturated heterocycles. The highest BCUT2D eigenvalue weighted by atomic mass is 79.9. The third-order valence-electron chi connectivity index (χ3n) is 3.74. The van der Waals surface area contributed by atoms with Crippen LogP contribution in [0.3, 0.4) is 0 Å². The SMILES string of the molecule is C=CCOc1cc(CN(C(=O)OCC)c2cc(Br)nc(Br)c2[N+](=O)[O-])cc(OC)c1.CC. The molecule has 0 radical (unpaired) electrons. The summed E-state index contributed by atoms with van der Waals surface area (Å²) < 4.78 is 16.3. The lowest BCUT2D eigenvalue weighted by Crippen LogP contribution is -2.32. The number of benzene rings is 1. The van der Waals surface area contributed by atoms with Gasteiger partial charge in [-0.15, -0.1) is 0 Å². The Kier molecular flexibility index (Phi) is 11.7. The fraction of sp³-hybridized carbons (Fsp3) is 0.333. The third kappa shape index (κ3) is 7.49. The number of methoxy groups -OCH3 is 1. The Hall–Kier alpha value is -2.66. The van der Waals surface area contributed by atoms with Gasteiger partial charge in [-0.2, -0.15) is 0 Å². The molecule has 0 atom stereocenters. The summed E-state index contributed by atoms with van der Waals surface area (Å²) in [6.07, 6.45) is 0.849. The molecule has 11 heteroatoms. The molecule has 32 heavy (non-hydrogen) atoms. The van der Waals surface area contributed by atoms with Crippen LogP contribution < -0.4 is 14.4 Å². The molecule has 0 aliphatic rings. The van der Waals surface area contributed by atoms with E-state index in [1.807, 2.05) is 13.8 Å². The number of halogens is 2. The maximum absolute atomic E-state index is 12.7. The van der Waals surface area contributed by atoms with Crippen molar-refractivity contribution in [3.05, 3.63) is 61.8 Å². The number of aromatic nitrogens is 1. The molecule has 1 aromatic carbocycles. The van der Waals surface area contributed by atoms with Gasteiger partial charge in [-0.05, 0) is 56.5 Å². The minimum absolute atomic E-state index is 0.0172.